The first-order valence-electron chi connectivity index (χ1n) is 16.8. The summed E-state index contributed by atoms with van der Waals surface area (Å²) in [5, 5.41) is 0. The molecule has 0 saturated heterocycles. The molecule has 0 bridgehead atoms. The average Bonchev–Trinajstić information content (AvgIpc) is 3.24. The van der Waals surface area contributed by atoms with Crippen molar-refractivity contribution in [2.24, 2.45) is 46.3 Å². The van der Waals surface area contributed by atoms with Gasteiger partial charge < -0.3 is 4.43 Å². The Bertz CT molecular complexity index is 1010. The zero-order valence-corrected chi connectivity index (χ0v) is 28.4. The van der Waals surface area contributed by atoms with Crippen LogP contribution in [-0.2, 0) is 4.43 Å². The molecule has 4 rings (SSSR count). The molecule has 0 aromatic heterocycles. The Morgan fingerprint density at radius 2 is 1.58 bits per heavy atom. The molecule has 0 radical (unpaired) electrons. The van der Waals surface area contributed by atoms with Gasteiger partial charge in [0.2, 0.25) is 0 Å². The third-order valence-corrected chi connectivity index (χ3v) is 15.0. The summed E-state index contributed by atoms with van der Waals surface area (Å²) in [4.78, 5) is 0. The molecular weight excluding hydrogens is 585 g/mol. The number of allylic oxidation sites excluding steroid dienone is 1. The highest BCUT2D eigenvalue weighted by Crippen LogP contribution is 2.67. The van der Waals surface area contributed by atoms with Gasteiger partial charge in [0.05, 0.1) is 0 Å². The molecule has 0 heterocycles. The maximum absolute atomic E-state index is 14.0. The lowest BCUT2D eigenvalue weighted by Crippen LogP contribution is -2.53. The number of rotatable bonds is 11. The summed E-state index contributed by atoms with van der Waals surface area (Å²) in [5.74, 6) is -6.85. The Morgan fingerprint density at radius 1 is 0.907 bits per heavy atom. The van der Waals surface area contributed by atoms with E-state index in [4.69, 9.17) is 4.43 Å². The van der Waals surface area contributed by atoms with Crippen LogP contribution in [0.3, 0.4) is 0 Å². The van der Waals surface area contributed by atoms with Gasteiger partial charge in [-0.3, -0.25) is 0 Å². The summed E-state index contributed by atoms with van der Waals surface area (Å²) in [6.45, 7) is 15.4. The lowest BCUT2D eigenvalue weighted by molar-refractivity contribution is -0.354. The molecule has 4 aliphatic rings. The van der Waals surface area contributed by atoms with E-state index in [1.807, 2.05) is 0 Å². The van der Waals surface area contributed by atoms with Gasteiger partial charge in [-0.1, -0.05) is 65.5 Å². The Balaban J connectivity index is 1.38. The van der Waals surface area contributed by atoms with Crippen molar-refractivity contribution in [3.05, 3.63) is 11.6 Å². The first-order chi connectivity index (χ1) is 19.6. The molecule has 1 nitrogen and oxygen atoms in total. The number of fused-ring (bicyclic) bond motifs is 5. The van der Waals surface area contributed by atoms with Crippen LogP contribution in [0.1, 0.15) is 112 Å². The van der Waals surface area contributed by atoms with Crippen LogP contribution in [0.25, 0.3) is 0 Å². The molecule has 8 atom stereocenters. The van der Waals surface area contributed by atoms with Crippen molar-refractivity contribution >= 4 is 8.32 Å². The second-order valence-electron chi connectivity index (χ2n) is 16.3. The smallest absolute Gasteiger partial charge is 0.414 e. The van der Waals surface area contributed by atoms with E-state index >= 15 is 0 Å². The fraction of sp³-hybridized carbons (Fsp3) is 0.941. The van der Waals surface area contributed by atoms with Gasteiger partial charge >= 0.3 is 18.0 Å². The largest absolute Gasteiger partial charge is 0.459 e. The maximum Gasteiger partial charge on any atom is 0.459 e. The molecule has 0 aliphatic heterocycles. The molecule has 43 heavy (non-hydrogen) atoms. The minimum absolute atomic E-state index is 0.0819. The first-order valence-corrected chi connectivity index (χ1v) is 20.0. The summed E-state index contributed by atoms with van der Waals surface area (Å²) in [6.07, 6.45) is 6.98. The van der Waals surface area contributed by atoms with Gasteiger partial charge in [0, 0.05) is 12.5 Å². The molecule has 4 aliphatic carbocycles. The molecular formula is C34H55F7OSi. The zero-order chi connectivity index (χ0) is 32.2. The zero-order valence-electron chi connectivity index (χ0n) is 27.4. The molecule has 3 fully saturated rings. The molecule has 0 N–H and O–H groups in total. The van der Waals surface area contributed by atoms with Crippen molar-refractivity contribution in [3.8, 4) is 0 Å². The van der Waals surface area contributed by atoms with Crippen LogP contribution >= 0.6 is 0 Å². The fourth-order valence-corrected chi connectivity index (χ4v) is 12.2. The van der Waals surface area contributed by atoms with Crippen LogP contribution in [0.15, 0.2) is 11.6 Å². The fourth-order valence-electron chi connectivity index (χ4n) is 10.1. The molecule has 3 saturated carbocycles. The quantitative estimate of drug-likeness (QED) is 0.124. The second-order valence-corrected chi connectivity index (χ2v) is 20.6. The summed E-state index contributed by atoms with van der Waals surface area (Å²) >= 11 is 0. The van der Waals surface area contributed by atoms with E-state index in [9.17, 15) is 30.7 Å². The minimum atomic E-state index is -6.29. The van der Waals surface area contributed by atoms with Crippen molar-refractivity contribution in [2.75, 3.05) is 0 Å². The lowest BCUT2D eigenvalue weighted by Gasteiger charge is -2.58. The molecule has 0 aromatic rings. The Hall–Kier alpha value is -0.573. The van der Waals surface area contributed by atoms with E-state index in [1.54, 1.807) is 13.1 Å². The van der Waals surface area contributed by atoms with Crippen LogP contribution in [0.2, 0.25) is 19.1 Å². The molecule has 0 amide bonds. The standard InChI is InChI=1S/C34H55F7OSi/c1-22(2)9-8-10-23(3)27-13-14-28-26-12-11-24-21-25(15-17-30(24,4)29(26)16-18-31(27,28)5)42-43(6,7)20-19-32(35,36)33(37,38)34(39,40)41/h11,22-23,25-29H,8-10,12-21H2,1-7H3/t23-,25+,26+,27-,28+,29+,30+,31-/m1/s1. The molecule has 0 unspecified atom stereocenters. The van der Waals surface area contributed by atoms with E-state index in [-0.39, 0.29) is 11.5 Å². The molecule has 0 spiro atoms. The number of alkyl halides is 7. The van der Waals surface area contributed by atoms with E-state index in [0.717, 1.165) is 42.9 Å². The van der Waals surface area contributed by atoms with Gasteiger partial charge in [-0.05, 0) is 117 Å². The Labute approximate surface area is 256 Å². The van der Waals surface area contributed by atoms with Gasteiger partial charge in [0.25, 0.3) is 0 Å². The predicted octanol–water partition coefficient (Wildman–Crippen LogP) is 11.8. The van der Waals surface area contributed by atoms with E-state index < -0.39 is 38.8 Å². The maximum atomic E-state index is 14.0. The summed E-state index contributed by atoms with van der Waals surface area (Å²) in [7, 11) is -2.92. The topological polar surface area (TPSA) is 9.23 Å². The molecule has 250 valence electrons. The predicted molar refractivity (Wildman–Crippen MR) is 161 cm³/mol. The van der Waals surface area contributed by atoms with Crippen LogP contribution < -0.4 is 0 Å². The third kappa shape index (κ3) is 6.78. The number of halogens is 7. The van der Waals surface area contributed by atoms with Crippen molar-refractivity contribution in [1.82, 2.24) is 0 Å². The number of hydrogen-bond donors (Lipinski definition) is 0. The monoisotopic (exact) mass is 640 g/mol. The Kier molecular flexibility index (Phi) is 10.0. The lowest BCUT2D eigenvalue weighted by atomic mass is 9.47. The van der Waals surface area contributed by atoms with Crippen molar-refractivity contribution < 1.29 is 35.2 Å². The van der Waals surface area contributed by atoms with Crippen molar-refractivity contribution in [2.45, 2.75) is 155 Å². The summed E-state index contributed by atoms with van der Waals surface area (Å²) < 4.78 is 99.0. The van der Waals surface area contributed by atoms with Crippen molar-refractivity contribution in [3.63, 3.8) is 0 Å². The van der Waals surface area contributed by atoms with Gasteiger partial charge in [-0.15, -0.1) is 0 Å². The van der Waals surface area contributed by atoms with Gasteiger partial charge in [0.15, 0.2) is 8.32 Å². The average molecular weight is 641 g/mol. The molecule has 0 aromatic carbocycles. The van der Waals surface area contributed by atoms with Crippen LogP contribution in [-0.4, -0.2) is 32.4 Å². The molecule has 9 heteroatoms. The first kappa shape index (κ1) is 35.3. The highest BCUT2D eigenvalue weighted by molar-refractivity contribution is 6.71. The highest BCUT2D eigenvalue weighted by atomic mass is 28.4. The highest BCUT2D eigenvalue weighted by Gasteiger charge is 2.72. The normalized spacial score (nSPS) is 36.2. The van der Waals surface area contributed by atoms with E-state index in [1.165, 1.54) is 50.5 Å². The third-order valence-electron chi connectivity index (χ3n) is 12.6. The van der Waals surface area contributed by atoms with E-state index in [2.05, 4.69) is 40.7 Å². The Morgan fingerprint density at radius 3 is 2.21 bits per heavy atom. The van der Waals surface area contributed by atoms with Gasteiger partial charge in [-0.25, -0.2) is 0 Å². The summed E-state index contributed by atoms with van der Waals surface area (Å²) in [6, 6.07) is -0.458. The van der Waals surface area contributed by atoms with Gasteiger partial charge in [-0.2, -0.15) is 30.7 Å². The van der Waals surface area contributed by atoms with Crippen LogP contribution in [0.5, 0.6) is 0 Å². The van der Waals surface area contributed by atoms with Gasteiger partial charge in [0.1, 0.15) is 0 Å². The van der Waals surface area contributed by atoms with Crippen LogP contribution in [0, 0.1) is 46.3 Å². The summed E-state index contributed by atoms with van der Waals surface area (Å²) in [5.41, 5.74) is 1.86. The number of hydrogen-bond acceptors (Lipinski definition) is 1. The second kappa shape index (κ2) is 12.2. The minimum Gasteiger partial charge on any atom is -0.414 e. The van der Waals surface area contributed by atoms with Crippen LogP contribution in [0.4, 0.5) is 30.7 Å². The SMILES string of the molecule is CC(C)CCC[C@@H](C)[C@H]1CC[C@H]2[C@@H]3CC=C4C[C@@H](O[Si](C)(C)CCC(F)(F)C(F)(F)C(F)(F)F)CC[C@]4(C)[C@H]3CC[C@]12C. The van der Waals surface area contributed by atoms with E-state index in [0.29, 0.717) is 23.7 Å². The van der Waals surface area contributed by atoms with Crippen molar-refractivity contribution in [1.29, 1.82) is 0 Å².